The molecule has 0 atom stereocenters. The zero-order chi connectivity index (χ0) is 13.8. The summed E-state index contributed by atoms with van der Waals surface area (Å²) in [6, 6.07) is 0. The number of rotatable bonds is 5. The van der Waals surface area contributed by atoms with Gasteiger partial charge in [0.05, 0.1) is 17.7 Å². The van der Waals surface area contributed by atoms with Gasteiger partial charge in [-0.15, -0.1) is 11.3 Å². The van der Waals surface area contributed by atoms with E-state index in [9.17, 15) is 0 Å². The summed E-state index contributed by atoms with van der Waals surface area (Å²) in [7, 11) is 2.00. The Morgan fingerprint density at radius 2 is 2.16 bits per heavy atom. The van der Waals surface area contributed by atoms with Crippen molar-refractivity contribution < 1.29 is 0 Å². The Morgan fingerprint density at radius 3 is 2.79 bits per heavy atom. The van der Waals surface area contributed by atoms with Crippen LogP contribution in [0.1, 0.15) is 30.4 Å². The Bertz CT molecular complexity index is 542. The number of thiazole rings is 1. The van der Waals surface area contributed by atoms with E-state index < -0.39 is 0 Å². The Balaban J connectivity index is 2.26. The summed E-state index contributed by atoms with van der Waals surface area (Å²) >= 11 is 7.79. The summed E-state index contributed by atoms with van der Waals surface area (Å²) in [5, 5.41) is 2.58. The molecule has 0 saturated carbocycles. The molecule has 2 heterocycles. The minimum atomic E-state index is 0.540. The quantitative estimate of drug-likeness (QED) is 0.792. The highest BCUT2D eigenvalue weighted by molar-refractivity contribution is 7.07. The van der Waals surface area contributed by atoms with Crippen molar-refractivity contribution in [1.82, 2.24) is 15.0 Å². The molecule has 6 heteroatoms. The molecule has 2 rings (SSSR count). The maximum Gasteiger partial charge on any atom is 0.137 e. The summed E-state index contributed by atoms with van der Waals surface area (Å²) in [4.78, 5) is 15.3. The molecule has 19 heavy (non-hydrogen) atoms. The third-order valence-corrected chi connectivity index (χ3v) is 3.83. The van der Waals surface area contributed by atoms with Crippen LogP contribution in [0.3, 0.4) is 0 Å². The van der Waals surface area contributed by atoms with Crippen LogP contribution in [0.4, 0.5) is 5.82 Å². The second-order valence-electron chi connectivity index (χ2n) is 4.47. The van der Waals surface area contributed by atoms with E-state index in [1.807, 2.05) is 24.9 Å². The first kappa shape index (κ1) is 14.2. The van der Waals surface area contributed by atoms with E-state index in [1.54, 1.807) is 11.3 Å². The maximum absolute atomic E-state index is 6.19. The molecule has 2 aromatic rings. The molecule has 0 unspecified atom stereocenters. The van der Waals surface area contributed by atoms with Crippen molar-refractivity contribution in [3.8, 4) is 0 Å². The Kier molecular flexibility index (Phi) is 4.71. The van der Waals surface area contributed by atoms with Crippen LogP contribution < -0.4 is 4.90 Å². The lowest BCUT2D eigenvalue weighted by atomic mass is 10.2. The normalized spacial score (nSPS) is 10.7. The van der Waals surface area contributed by atoms with Crippen molar-refractivity contribution in [2.75, 3.05) is 11.9 Å². The molecule has 102 valence electrons. The van der Waals surface area contributed by atoms with Gasteiger partial charge in [0.2, 0.25) is 0 Å². The molecule has 0 radical (unpaired) electrons. The van der Waals surface area contributed by atoms with Crippen molar-refractivity contribution in [1.29, 1.82) is 0 Å². The number of hydrogen-bond acceptors (Lipinski definition) is 5. The lowest BCUT2D eigenvalue weighted by molar-refractivity contribution is 0.801. The van der Waals surface area contributed by atoms with Gasteiger partial charge in [-0.2, -0.15) is 0 Å². The van der Waals surface area contributed by atoms with E-state index in [1.165, 1.54) is 0 Å². The Labute approximate surface area is 122 Å². The number of halogens is 1. The predicted octanol–water partition coefficient (Wildman–Crippen LogP) is 3.48. The van der Waals surface area contributed by atoms with Crippen LogP contribution in [0.5, 0.6) is 0 Å². The van der Waals surface area contributed by atoms with Gasteiger partial charge >= 0.3 is 0 Å². The summed E-state index contributed by atoms with van der Waals surface area (Å²) < 4.78 is 0. The molecule has 0 amide bonds. The van der Waals surface area contributed by atoms with Crippen LogP contribution in [0, 0.1) is 6.92 Å². The highest BCUT2D eigenvalue weighted by Crippen LogP contribution is 2.24. The third kappa shape index (κ3) is 3.42. The predicted molar refractivity (Wildman–Crippen MR) is 80.0 cm³/mol. The molecule has 0 saturated heterocycles. The van der Waals surface area contributed by atoms with Gasteiger partial charge in [0.15, 0.2) is 0 Å². The van der Waals surface area contributed by atoms with Gasteiger partial charge in [0.25, 0.3) is 0 Å². The molecular formula is C13H17ClN4S. The Hall–Kier alpha value is -1.20. The van der Waals surface area contributed by atoms with E-state index in [4.69, 9.17) is 11.6 Å². The van der Waals surface area contributed by atoms with Gasteiger partial charge in [0, 0.05) is 24.4 Å². The standard InChI is InChI=1S/C13H17ClN4S/c1-4-5-11-16-12(14)9(2)13(17-11)18(3)6-10-7-19-8-15-10/h7-8H,4-6H2,1-3H3. The van der Waals surface area contributed by atoms with Gasteiger partial charge < -0.3 is 4.90 Å². The van der Waals surface area contributed by atoms with Gasteiger partial charge in [-0.1, -0.05) is 18.5 Å². The first-order chi connectivity index (χ1) is 9.11. The molecule has 0 N–H and O–H groups in total. The van der Waals surface area contributed by atoms with Gasteiger partial charge in [-0.25, -0.2) is 15.0 Å². The van der Waals surface area contributed by atoms with Gasteiger partial charge in [-0.05, 0) is 13.3 Å². The molecule has 0 aliphatic carbocycles. The monoisotopic (exact) mass is 296 g/mol. The fraction of sp³-hybridized carbons (Fsp3) is 0.462. The van der Waals surface area contributed by atoms with Crippen molar-refractivity contribution in [3.63, 3.8) is 0 Å². The second kappa shape index (κ2) is 6.30. The van der Waals surface area contributed by atoms with E-state index in [-0.39, 0.29) is 0 Å². The van der Waals surface area contributed by atoms with Crippen LogP contribution in [0.2, 0.25) is 5.15 Å². The van der Waals surface area contributed by atoms with Gasteiger partial charge in [-0.3, -0.25) is 0 Å². The highest BCUT2D eigenvalue weighted by atomic mass is 35.5. The average Bonchev–Trinajstić information content (AvgIpc) is 2.86. The number of aromatic nitrogens is 3. The zero-order valence-electron chi connectivity index (χ0n) is 11.4. The zero-order valence-corrected chi connectivity index (χ0v) is 12.9. The van der Waals surface area contributed by atoms with Gasteiger partial charge in [0.1, 0.15) is 16.8 Å². The molecule has 4 nitrogen and oxygen atoms in total. The molecule has 0 aliphatic heterocycles. The number of hydrogen-bond donors (Lipinski definition) is 0. The first-order valence-electron chi connectivity index (χ1n) is 6.23. The second-order valence-corrected chi connectivity index (χ2v) is 5.54. The molecule has 2 aromatic heterocycles. The van der Waals surface area contributed by atoms with Crippen LogP contribution in [0.25, 0.3) is 0 Å². The molecule has 0 aliphatic rings. The van der Waals surface area contributed by atoms with Crippen molar-refractivity contribution in [2.24, 2.45) is 0 Å². The van der Waals surface area contributed by atoms with Crippen LogP contribution in [0.15, 0.2) is 10.9 Å². The third-order valence-electron chi connectivity index (χ3n) is 2.82. The number of nitrogens with zero attached hydrogens (tertiary/aromatic N) is 4. The van der Waals surface area contributed by atoms with E-state index >= 15 is 0 Å². The molecular weight excluding hydrogens is 280 g/mol. The largest absolute Gasteiger partial charge is 0.353 e. The summed E-state index contributed by atoms with van der Waals surface area (Å²) in [6.07, 6.45) is 1.85. The fourth-order valence-corrected chi connectivity index (χ4v) is 2.59. The van der Waals surface area contributed by atoms with E-state index in [0.29, 0.717) is 5.15 Å². The topological polar surface area (TPSA) is 41.9 Å². The van der Waals surface area contributed by atoms with E-state index in [0.717, 1.165) is 42.3 Å². The number of anilines is 1. The number of aryl methyl sites for hydroxylation is 1. The molecule has 0 spiro atoms. The molecule has 0 aromatic carbocycles. The smallest absolute Gasteiger partial charge is 0.137 e. The fourth-order valence-electron chi connectivity index (χ4n) is 1.86. The lowest BCUT2D eigenvalue weighted by Crippen LogP contribution is -2.20. The van der Waals surface area contributed by atoms with E-state index in [2.05, 4.69) is 26.8 Å². The van der Waals surface area contributed by atoms with Crippen molar-refractivity contribution >= 4 is 28.8 Å². The molecule has 0 bridgehead atoms. The average molecular weight is 297 g/mol. The van der Waals surface area contributed by atoms with Crippen LogP contribution in [-0.2, 0) is 13.0 Å². The lowest BCUT2D eigenvalue weighted by Gasteiger charge is -2.20. The summed E-state index contributed by atoms with van der Waals surface area (Å²) in [6.45, 7) is 4.78. The first-order valence-corrected chi connectivity index (χ1v) is 7.55. The Morgan fingerprint density at radius 1 is 1.37 bits per heavy atom. The van der Waals surface area contributed by atoms with Crippen molar-refractivity contribution in [3.05, 3.63) is 33.1 Å². The summed E-state index contributed by atoms with van der Waals surface area (Å²) in [5.74, 6) is 1.69. The molecule has 0 fully saturated rings. The minimum Gasteiger partial charge on any atom is -0.353 e. The highest BCUT2D eigenvalue weighted by Gasteiger charge is 2.13. The summed E-state index contributed by atoms with van der Waals surface area (Å²) in [5.41, 5.74) is 3.80. The maximum atomic E-state index is 6.19. The van der Waals surface area contributed by atoms with Crippen LogP contribution in [-0.4, -0.2) is 22.0 Å². The van der Waals surface area contributed by atoms with Crippen LogP contribution >= 0.6 is 22.9 Å². The SMILES string of the molecule is CCCc1nc(Cl)c(C)c(N(C)Cc2cscn2)n1. The van der Waals surface area contributed by atoms with Crippen molar-refractivity contribution in [2.45, 2.75) is 33.2 Å². The minimum absolute atomic E-state index is 0.540.